The fourth-order valence-electron chi connectivity index (χ4n) is 3.71. The van der Waals surface area contributed by atoms with E-state index in [0.717, 1.165) is 27.5 Å². The molecule has 0 aliphatic carbocycles. The Bertz CT molecular complexity index is 1170. The molecule has 166 valence electrons. The molecule has 0 bridgehead atoms. The van der Waals surface area contributed by atoms with Gasteiger partial charge in [0.05, 0.1) is 22.8 Å². The first-order chi connectivity index (χ1) is 14.6. The lowest BCUT2D eigenvalue weighted by molar-refractivity contribution is -0.147. The van der Waals surface area contributed by atoms with Gasteiger partial charge < -0.3 is 5.32 Å². The smallest absolute Gasteiger partial charge is 0.301 e. The predicted molar refractivity (Wildman–Crippen MR) is 110 cm³/mol. The van der Waals surface area contributed by atoms with Gasteiger partial charge in [0.25, 0.3) is 0 Å². The van der Waals surface area contributed by atoms with Crippen molar-refractivity contribution in [1.82, 2.24) is 24.2 Å². The van der Waals surface area contributed by atoms with Crippen molar-refractivity contribution in [3.05, 3.63) is 40.1 Å². The Kier molecular flexibility index (Phi) is 5.60. The number of fused-ring (bicyclic) bond motifs is 1. The summed E-state index contributed by atoms with van der Waals surface area (Å²) in [6.07, 6.45) is -3.82. The van der Waals surface area contributed by atoms with Crippen molar-refractivity contribution >= 4 is 32.6 Å². The lowest BCUT2D eigenvalue weighted by Gasteiger charge is -2.30. The molecule has 0 saturated carbocycles. The molecule has 0 atom stereocenters. The Morgan fingerprint density at radius 2 is 2.00 bits per heavy atom. The zero-order valence-corrected chi connectivity index (χ0v) is 17.8. The van der Waals surface area contributed by atoms with Crippen molar-refractivity contribution in [2.75, 3.05) is 25.0 Å². The molecule has 1 saturated heterocycles. The summed E-state index contributed by atoms with van der Waals surface area (Å²) in [7, 11) is 1.07. The summed E-state index contributed by atoms with van der Waals surface area (Å²) in [5.41, 5.74) is 1.16. The first-order valence-electron chi connectivity index (χ1n) is 9.74. The normalized spacial score (nSPS) is 16.2. The zero-order valence-electron chi connectivity index (χ0n) is 16.9. The average molecular weight is 454 g/mol. The van der Waals surface area contributed by atoms with E-state index in [1.165, 1.54) is 11.3 Å². The van der Waals surface area contributed by atoms with Gasteiger partial charge in [0.1, 0.15) is 0 Å². The highest BCUT2D eigenvalue weighted by atomic mass is 32.1. The van der Waals surface area contributed by atoms with E-state index in [-0.39, 0.29) is 12.5 Å². The van der Waals surface area contributed by atoms with Gasteiger partial charge in [-0.05, 0) is 37.5 Å². The first kappa shape index (κ1) is 21.5. The van der Waals surface area contributed by atoms with Crippen LogP contribution in [0.1, 0.15) is 30.3 Å². The third-order valence-electron chi connectivity index (χ3n) is 5.32. The fraction of sp³-hybridized carbons (Fsp3) is 0.474. The van der Waals surface area contributed by atoms with Gasteiger partial charge >= 0.3 is 11.9 Å². The maximum atomic E-state index is 13.0. The molecule has 2 aromatic heterocycles. The number of likely N-dealkylation sites (tertiary alicyclic amines) is 1. The Morgan fingerprint density at radius 3 is 2.65 bits per heavy atom. The molecule has 3 aromatic rings. The van der Waals surface area contributed by atoms with E-state index < -0.39 is 23.7 Å². The number of carbonyl (C=O) groups excluding carboxylic acids is 1. The number of alkyl halides is 3. The van der Waals surface area contributed by atoms with E-state index in [9.17, 15) is 22.8 Å². The molecule has 1 aliphatic rings. The molecule has 1 amide bonds. The SMILES string of the molecule is Cc1ccc2nc(NC(=O)CN3CCC(n4nc(C(F)(F)F)n(C)c4=O)CC3)sc2c1. The van der Waals surface area contributed by atoms with Gasteiger partial charge in [-0.1, -0.05) is 17.4 Å². The first-order valence-corrected chi connectivity index (χ1v) is 10.6. The fourth-order valence-corrected chi connectivity index (χ4v) is 4.69. The summed E-state index contributed by atoms with van der Waals surface area (Å²) in [5, 5.41) is 6.85. The monoisotopic (exact) mass is 454 g/mol. The number of hydrogen-bond donors (Lipinski definition) is 1. The molecule has 31 heavy (non-hydrogen) atoms. The number of piperidine rings is 1. The van der Waals surface area contributed by atoms with Crippen molar-refractivity contribution < 1.29 is 18.0 Å². The summed E-state index contributed by atoms with van der Waals surface area (Å²) in [6, 6.07) is 5.45. The van der Waals surface area contributed by atoms with Crippen LogP contribution in [0, 0.1) is 6.92 Å². The minimum atomic E-state index is -4.68. The van der Waals surface area contributed by atoms with E-state index in [1.54, 1.807) is 0 Å². The molecule has 3 heterocycles. The Hall–Kier alpha value is -2.73. The van der Waals surface area contributed by atoms with Gasteiger partial charge in [-0.15, -0.1) is 5.10 Å². The number of nitrogens with one attached hydrogen (secondary N) is 1. The number of anilines is 1. The van der Waals surface area contributed by atoms with Crippen LogP contribution in [0.25, 0.3) is 10.2 Å². The molecule has 1 aliphatic heterocycles. The van der Waals surface area contributed by atoms with Crippen molar-refractivity contribution in [2.45, 2.75) is 32.0 Å². The molecule has 8 nitrogen and oxygen atoms in total. The van der Waals surface area contributed by atoms with Gasteiger partial charge in [-0.3, -0.25) is 14.3 Å². The van der Waals surface area contributed by atoms with Crippen LogP contribution in [0.5, 0.6) is 0 Å². The van der Waals surface area contributed by atoms with Gasteiger partial charge in [0.15, 0.2) is 5.13 Å². The van der Waals surface area contributed by atoms with Crippen molar-refractivity contribution in [3.8, 4) is 0 Å². The van der Waals surface area contributed by atoms with Crippen LogP contribution in [0.15, 0.2) is 23.0 Å². The Labute approximate surface area is 179 Å². The third kappa shape index (κ3) is 4.49. The summed E-state index contributed by atoms with van der Waals surface area (Å²) < 4.78 is 41.4. The van der Waals surface area contributed by atoms with Crippen LogP contribution in [-0.4, -0.2) is 49.8 Å². The van der Waals surface area contributed by atoms with Crippen LogP contribution in [0.4, 0.5) is 18.3 Å². The van der Waals surface area contributed by atoms with Crippen LogP contribution < -0.4 is 11.0 Å². The Balaban J connectivity index is 1.35. The third-order valence-corrected chi connectivity index (χ3v) is 6.25. The minimum absolute atomic E-state index is 0.145. The molecule has 1 aromatic carbocycles. The summed E-state index contributed by atoms with van der Waals surface area (Å²) >= 11 is 1.40. The summed E-state index contributed by atoms with van der Waals surface area (Å²) in [6.45, 7) is 3.08. The number of hydrogen-bond acceptors (Lipinski definition) is 6. The molecule has 1 N–H and O–H groups in total. The van der Waals surface area contributed by atoms with Gasteiger partial charge in [0, 0.05) is 20.1 Å². The standard InChI is InChI=1S/C19H21F3N6O2S/c1-11-3-4-13-14(9-11)31-17(23-13)24-15(29)10-27-7-5-12(6-8-27)28-18(30)26(2)16(25-28)19(20,21)22/h3-4,9,12H,5-8,10H2,1-2H3,(H,23,24,29). The number of nitrogens with zero attached hydrogens (tertiary/aromatic N) is 5. The number of thiazole rings is 1. The molecule has 0 radical (unpaired) electrons. The number of benzene rings is 1. The van der Waals surface area contributed by atoms with Crippen LogP contribution in [0.2, 0.25) is 0 Å². The van der Waals surface area contributed by atoms with E-state index in [2.05, 4.69) is 15.4 Å². The predicted octanol–water partition coefficient (Wildman–Crippen LogP) is 2.79. The molecule has 4 rings (SSSR count). The molecule has 12 heteroatoms. The van der Waals surface area contributed by atoms with Gasteiger partial charge in [-0.25, -0.2) is 14.5 Å². The second kappa shape index (κ2) is 8.08. The number of amides is 1. The van der Waals surface area contributed by atoms with Crippen molar-refractivity contribution in [1.29, 1.82) is 0 Å². The highest BCUT2D eigenvalue weighted by molar-refractivity contribution is 7.22. The topological polar surface area (TPSA) is 85.1 Å². The van der Waals surface area contributed by atoms with E-state index in [1.807, 2.05) is 30.0 Å². The average Bonchev–Trinajstić information content (AvgIpc) is 3.22. The van der Waals surface area contributed by atoms with Crippen LogP contribution in [-0.2, 0) is 18.0 Å². The molecule has 0 spiro atoms. The quantitative estimate of drug-likeness (QED) is 0.655. The minimum Gasteiger partial charge on any atom is -0.301 e. The number of rotatable bonds is 4. The Morgan fingerprint density at radius 1 is 1.29 bits per heavy atom. The molecular weight excluding hydrogens is 433 g/mol. The van der Waals surface area contributed by atoms with Crippen LogP contribution >= 0.6 is 11.3 Å². The van der Waals surface area contributed by atoms with Gasteiger partial charge in [0.2, 0.25) is 11.7 Å². The van der Waals surface area contributed by atoms with Crippen molar-refractivity contribution in [3.63, 3.8) is 0 Å². The number of aromatic nitrogens is 4. The number of aryl methyl sites for hydroxylation is 1. The maximum absolute atomic E-state index is 13.0. The highest BCUT2D eigenvalue weighted by Gasteiger charge is 2.39. The van der Waals surface area contributed by atoms with Crippen LogP contribution in [0.3, 0.4) is 0 Å². The van der Waals surface area contributed by atoms with Crippen molar-refractivity contribution in [2.24, 2.45) is 7.05 Å². The van der Waals surface area contributed by atoms with E-state index in [0.29, 0.717) is 35.6 Å². The zero-order chi connectivity index (χ0) is 22.3. The number of carbonyl (C=O) groups is 1. The lowest BCUT2D eigenvalue weighted by atomic mass is 10.1. The van der Waals surface area contributed by atoms with E-state index >= 15 is 0 Å². The number of halogens is 3. The molecule has 1 fully saturated rings. The molecular formula is C19H21F3N6O2S. The lowest BCUT2D eigenvalue weighted by Crippen LogP contribution is -2.41. The summed E-state index contributed by atoms with van der Waals surface area (Å²) in [4.78, 5) is 30.9. The largest absolute Gasteiger partial charge is 0.451 e. The highest BCUT2D eigenvalue weighted by Crippen LogP contribution is 2.29. The van der Waals surface area contributed by atoms with Gasteiger partial charge in [-0.2, -0.15) is 13.2 Å². The second-order valence-electron chi connectivity index (χ2n) is 7.65. The maximum Gasteiger partial charge on any atom is 0.451 e. The second-order valence-corrected chi connectivity index (χ2v) is 8.68. The molecule has 0 unspecified atom stereocenters. The van der Waals surface area contributed by atoms with E-state index in [4.69, 9.17) is 0 Å². The summed E-state index contributed by atoms with van der Waals surface area (Å²) in [5.74, 6) is -1.41.